The van der Waals surface area contributed by atoms with Gasteiger partial charge in [0.05, 0.1) is 19.8 Å². The number of nitrogens with zero attached hydrogens (tertiary/aromatic N) is 2. The lowest BCUT2D eigenvalue weighted by molar-refractivity contribution is 0.0371. The van der Waals surface area contributed by atoms with Gasteiger partial charge in [0.1, 0.15) is 0 Å². The van der Waals surface area contributed by atoms with Gasteiger partial charge in [-0.15, -0.1) is 0 Å². The third-order valence-electron chi connectivity index (χ3n) is 3.66. The van der Waals surface area contributed by atoms with Crippen LogP contribution in [0.25, 0.3) is 0 Å². The van der Waals surface area contributed by atoms with Crippen LogP contribution in [0.5, 0.6) is 0 Å². The summed E-state index contributed by atoms with van der Waals surface area (Å²) in [6.45, 7) is 10.8. The molecule has 1 aromatic heterocycles. The van der Waals surface area contributed by atoms with Crippen LogP contribution in [0.2, 0.25) is 0 Å². The Kier molecular flexibility index (Phi) is 4.19. The number of morpholine rings is 1. The molecule has 0 aromatic carbocycles. The SMILES string of the molecule is CCn1c(C)cc(C(=O)CN2CCOCC2)c1C. The molecule has 1 fully saturated rings. The summed E-state index contributed by atoms with van der Waals surface area (Å²) in [6.07, 6.45) is 0. The van der Waals surface area contributed by atoms with Crippen molar-refractivity contribution in [2.24, 2.45) is 0 Å². The molecule has 0 amide bonds. The zero-order valence-electron chi connectivity index (χ0n) is 11.5. The fourth-order valence-electron chi connectivity index (χ4n) is 2.62. The molecule has 4 heteroatoms. The summed E-state index contributed by atoms with van der Waals surface area (Å²) in [6, 6.07) is 2.02. The molecular formula is C14H22N2O2. The van der Waals surface area contributed by atoms with Crippen LogP contribution in [0.1, 0.15) is 28.7 Å². The Labute approximate surface area is 109 Å². The monoisotopic (exact) mass is 250 g/mol. The first kappa shape index (κ1) is 13.3. The lowest BCUT2D eigenvalue weighted by atomic mass is 10.1. The van der Waals surface area contributed by atoms with Gasteiger partial charge in [-0.2, -0.15) is 0 Å². The number of rotatable bonds is 4. The molecule has 0 bridgehead atoms. The number of aryl methyl sites for hydroxylation is 1. The molecule has 1 aromatic rings. The number of ether oxygens (including phenoxy) is 1. The van der Waals surface area contributed by atoms with Gasteiger partial charge >= 0.3 is 0 Å². The van der Waals surface area contributed by atoms with E-state index in [0.717, 1.165) is 44.1 Å². The van der Waals surface area contributed by atoms with E-state index in [2.05, 4.69) is 23.3 Å². The third kappa shape index (κ3) is 2.65. The van der Waals surface area contributed by atoms with Crippen molar-refractivity contribution in [3.05, 3.63) is 23.0 Å². The van der Waals surface area contributed by atoms with Crippen LogP contribution in [0, 0.1) is 13.8 Å². The van der Waals surface area contributed by atoms with Gasteiger partial charge in [0.2, 0.25) is 0 Å². The topological polar surface area (TPSA) is 34.5 Å². The second-order valence-electron chi connectivity index (χ2n) is 4.84. The normalized spacial score (nSPS) is 17.1. The van der Waals surface area contributed by atoms with Crippen LogP contribution in [0.4, 0.5) is 0 Å². The standard InChI is InChI=1S/C14H22N2O2/c1-4-16-11(2)9-13(12(16)3)14(17)10-15-5-7-18-8-6-15/h9H,4-8,10H2,1-3H3. The maximum atomic E-state index is 12.3. The van der Waals surface area contributed by atoms with Crippen LogP contribution in [0.15, 0.2) is 6.07 Å². The molecule has 0 atom stereocenters. The summed E-state index contributed by atoms with van der Waals surface area (Å²) in [7, 11) is 0. The Morgan fingerprint density at radius 1 is 1.33 bits per heavy atom. The van der Waals surface area contributed by atoms with E-state index in [0.29, 0.717) is 6.54 Å². The van der Waals surface area contributed by atoms with Crippen LogP contribution >= 0.6 is 0 Å². The number of carbonyl (C=O) groups is 1. The summed E-state index contributed by atoms with van der Waals surface area (Å²) >= 11 is 0. The van der Waals surface area contributed by atoms with Gasteiger partial charge in [0.25, 0.3) is 0 Å². The molecule has 0 radical (unpaired) electrons. The maximum Gasteiger partial charge on any atom is 0.178 e. The van der Waals surface area contributed by atoms with E-state index in [1.807, 2.05) is 13.0 Å². The van der Waals surface area contributed by atoms with Crippen LogP contribution in [0.3, 0.4) is 0 Å². The highest BCUT2D eigenvalue weighted by molar-refractivity contribution is 5.99. The second-order valence-corrected chi connectivity index (χ2v) is 4.84. The van der Waals surface area contributed by atoms with E-state index >= 15 is 0 Å². The molecule has 1 saturated heterocycles. The third-order valence-corrected chi connectivity index (χ3v) is 3.66. The quantitative estimate of drug-likeness (QED) is 0.762. The van der Waals surface area contributed by atoms with Gasteiger partial charge in [0.15, 0.2) is 5.78 Å². The molecule has 2 rings (SSSR count). The Morgan fingerprint density at radius 3 is 2.56 bits per heavy atom. The summed E-state index contributed by atoms with van der Waals surface area (Å²) in [5.74, 6) is 0.227. The number of hydrogen-bond donors (Lipinski definition) is 0. The number of ketones is 1. The minimum Gasteiger partial charge on any atom is -0.379 e. The molecule has 0 aliphatic carbocycles. The van der Waals surface area contributed by atoms with E-state index in [1.54, 1.807) is 0 Å². The maximum absolute atomic E-state index is 12.3. The van der Waals surface area contributed by atoms with Crippen molar-refractivity contribution in [1.82, 2.24) is 9.47 Å². The van der Waals surface area contributed by atoms with Gasteiger partial charge in [0, 0.05) is 36.6 Å². The van der Waals surface area contributed by atoms with Crippen molar-refractivity contribution in [2.45, 2.75) is 27.3 Å². The minimum absolute atomic E-state index is 0.227. The average Bonchev–Trinajstić information content (AvgIpc) is 2.65. The van der Waals surface area contributed by atoms with Crippen molar-refractivity contribution in [1.29, 1.82) is 0 Å². The summed E-state index contributed by atoms with van der Waals surface area (Å²) in [5, 5.41) is 0. The number of carbonyl (C=O) groups excluding carboxylic acids is 1. The van der Waals surface area contributed by atoms with Crippen molar-refractivity contribution in [2.75, 3.05) is 32.8 Å². The Balaban J connectivity index is 2.08. The van der Waals surface area contributed by atoms with Gasteiger partial charge in [-0.1, -0.05) is 0 Å². The summed E-state index contributed by atoms with van der Waals surface area (Å²) in [4.78, 5) is 14.5. The molecule has 1 aliphatic heterocycles. The highest BCUT2D eigenvalue weighted by Gasteiger charge is 2.19. The van der Waals surface area contributed by atoms with E-state index in [1.165, 1.54) is 5.69 Å². The first-order valence-corrected chi connectivity index (χ1v) is 6.63. The first-order valence-electron chi connectivity index (χ1n) is 6.63. The number of aromatic nitrogens is 1. The molecule has 100 valence electrons. The number of Topliss-reactive ketones (excluding diaryl/α,β-unsaturated/α-hetero) is 1. The van der Waals surface area contributed by atoms with Crippen molar-refractivity contribution in [3.8, 4) is 0 Å². The predicted molar refractivity (Wildman–Crippen MR) is 71.2 cm³/mol. The second kappa shape index (κ2) is 5.67. The molecule has 1 aliphatic rings. The van der Waals surface area contributed by atoms with E-state index in [-0.39, 0.29) is 5.78 Å². The average molecular weight is 250 g/mol. The molecule has 0 N–H and O–H groups in total. The minimum atomic E-state index is 0.227. The van der Waals surface area contributed by atoms with E-state index in [9.17, 15) is 4.79 Å². The fourth-order valence-corrected chi connectivity index (χ4v) is 2.62. The van der Waals surface area contributed by atoms with Gasteiger partial charge in [-0.05, 0) is 26.8 Å². The Hall–Kier alpha value is -1.13. The van der Waals surface area contributed by atoms with Gasteiger partial charge in [-0.3, -0.25) is 9.69 Å². The fraction of sp³-hybridized carbons (Fsp3) is 0.643. The predicted octanol–water partition coefficient (Wildman–Crippen LogP) is 1.64. The van der Waals surface area contributed by atoms with Gasteiger partial charge < -0.3 is 9.30 Å². The molecule has 18 heavy (non-hydrogen) atoms. The molecule has 0 unspecified atom stereocenters. The lowest BCUT2D eigenvalue weighted by Crippen LogP contribution is -2.39. The summed E-state index contributed by atoms with van der Waals surface area (Å²) < 4.78 is 7.48. The Bertz CT molecular complexity index is 431. The summed E-state index contributed by atoms with van der Waals surface area (Å²) in [5.41, 5.74) is 3.13. The molecule has 4 nitrogen and oxygen atoms in total. The smallest absolute Gasteiger partial charge is 0.178 e. The highest BCUT2D eigenvalue weighted by atomic mass is 16.5. The molecule has 0 saturated carbocycles. The highest BCUT2D eigenvalue weighted by Crippen LogP contribution is 2.16. The number of hydrogen-bond acceptors (Lipinski definition) is 3. The zero-order valence-corrected chi connectivity index (χ0v) is 11.5. The van der Waals surface area contributed by atoms with Crippen molar-refractivity contribution < 1.29 is 9.53 Å². The van der Waals surface area contributed by atoms with E-state index in [4.69, 9.17) is 4.74 Å². The molecule has 2 heterocycles. The molecular weight excluding hydrogens is 228 g/mol. The zero-order chi connectivity index (χ0) is 13.1. The van der Waals surface area contributed by atoms with E-state index < -0.39 is 0 Å². The van der Waals surface area contributed by atoms with Gasteiger partial charge in [-0.25, -0.2) is 0 Å². The lowest BCUT2D eigenvalue weighted by Gasteiger charge is -2.25. The largest absolute Gasteiger partial charge is 0.379 e. The van der Waals surface area contributed by atoms with Crippen molar-refractivity contribution >= 4 is 5.78 Å². The Morgan fingerprint density at radius 2 is 2.00 bits per heavy atom. The van der Waals surface area contributed by atoms with Crippen LogP contribution < -0.4 is 0 Å². The van der Waals surface area contributed by atoms with Crippen LogP contribution in [-0.2, 0) is 11.3 Å². The first-order chi connectivity index (χ1) is 8.63. The molecule has 0 spiro atoms. The van der Waals surface area contributed by atoms with Crippen LogP contribution in [-0.4, -0.2) is 48.1 Å². The van der Waals surface area contributed by atoms with Crippen molar-refractivity contribution in [3.63, 3.8) is 0 Å².